The summed E-state index contributed by atoms with van der Waals surface area (Å²) in [6.45, 7) is 7.88. The molecule has 16 heavy (non-hydrogen) atoms. The number of ether oxygens (including phenoxy) is 3. The lowest BCUT2D eigenvalue weighted by Crippen LogP contribution is -2.38. The van der Waals surface area contributed by atoms with Crippen molar-refractivity contribution in [2.75, 3.05) is 32.9 Å². The van der Waals surface area contributed by atoms with Gasteiger partial charge >= 0.3 is 0 Å². The Labute approximate surface area is 98.6 Å². The van der Waals surface area contributed by atoms with Gasteiger partial charge in [-0.05, 0) is 33.1 Å². The van der Waals surface area contributed by atoms with Gasteiger partial charge in [-0.15, -0.1) is 0 Å². The lowest BCUT2D eigenvalue weighted by molar-refractivity contribution is -0.133. The van der Waals surface area contributed by atoms with Gasteiger partial charge in [0.1, 0.15) is 0 Å². The molecule has 4 nitrogen and oxygen atoms in total. The van der Waals surface area contributed by atoms with E-state index in [0.29, 0.717) is 19.3 Å². The number of rotatable bonds is 8. The smallest absolute Gasteiger partial charge is 0.169 e. The van der Waals surface area contributed by atoms with Crippen molar-refractivity contribution in [1.29, 1.82) is 0 Å². The Morgan fingerprint density at radius 3 is 2.56 bits per heavy atom. The van der Waals surface area contributed by atoms with Crippen molar-refractivity contribution < 1.29 is 14.2 Å². The zero-order chi connectivity index (χ0) is 11.6. The molecule has 1 aliphatic heterocycles. The highest BCUT2D eigenvalue weighted by molar-refractivity contribution is 4.66. The van der Waals surface area contributed by atoms with Gasteiger partial charge in [0.2, 0.25) is 0 Å². The van der Waals surface area contributed by atoms with Gasteiger partial charge in [0.25, 0.3) is 0 Å². The van der Waals surface area contributed by atoms with Gasteiger partial charge in [-0.2, -0.15) is 0 Å². The molecule has 1 N–H and O–H groups in total. The molecule has 4 heteroatoms. The second-order valence-electron chi connectivity index (χ2n) is 3.99. The van der Waals surface area contributed by atoms with Gasteiger partial charge in [0, 0.05) is 32.9 Å². The van der Waals surface area contributed by atoms with Crippen molar-refractivity contribution in [3.05, 3.63) is 0 Å². The average molecular weight is 231 g/mol. The predicted octanol–water partition coefficient (Wildman–Crippen LogP) is 1.54. The fourth-order valence-corrected chi connectivity index (χ4v) is 1.87. The van der Waals surface area contributed by atoms with Crippen molar-refractivity contribution in [3.63, 3.8) is 0 Å². The van der Waals surface area contributed by atoms with Crippen LogP contribution < -0.4 is 5.32 Å². The number of hydrogen-bond acceptors (Lipinski definition) is 4. The standard InChI is InChI=1S/C12H25NO3/c1-3-14-12(15-4-2)10-13-9-11-7-5-6-8-16-11/h11-13H,3-10H2,1-2H3. The first kappa shape index (κ1) is 13.9. The van der Waals surface area contributed by atoms with Crippen LogP contribution in [0.4, 0.5) is 0 Å². The van der Waals surface area contributed by atoms with E-state index >= 15 is 0 Å². The Balaban J connectivity index is 2.06. The average Bonchev–Trinajstić information content (AvgIpc) is 2.31. The van der Waals surface area contributed by atoms with Gasteiger partial charge in [-0.25, -0.2) is 0 Å². The molecule has 1 unspecified atom stereocenters. The summed E-state index contributed by atoms with van der Waals surface area (Å²) in [6, 6.07) is 0. The highest BCUT2D eigenvalue weighted by atomic mass is 16.7. The molecule has 1 rings (SSSR count). The largest absolute Gasteiger partial charge is 0.377 e. The molecule has 1 saturated heterocycles. The van der Waals surface area contributed by atoms with Crippen LogP contribution in [0.25, 0.3) is 0 Å². The second kappa shape index (κ2) is 8.93. The fourth-order valence-electron chi connectivity index (χ4n) is 1.87. The van der Waals surface area contributed by atoms with E-state index in [4.69, 9.17) is 14.2 Å². The Morgan fingerprint density at radius 1 is 1.25 bits per heavy atom. The topological polar surface area (TPSA) is 39.7 Å². The van der Waals surface area contributed by atoms with Crippen LogP contribution in [-0.4, -0.2) is 45.3 Å². The first-order chi connectivity index (χ1) is 7.86. The quantitative estimate of drug-likeness (QED) is 0.643. The minimum absolute atomic E-state index is 0.126. The van der Waals surface area contributed by atoms with E-state index < -0.39 is 0 Å². The van der Waals surface area contributed by atoms with Gasteiger partial charge < -0.3 is 19.5 Å². The molecule has 0 bridgehead atoms. The van der Waals surface area contributed by atoms with E-state index in [-0.39, 0.29) is 6.29 Å². The maximum atomic E-state index is 5.64. The Morgan fingerprint density at radius 2 is 2.00 bits per heavy atom. The normalized spacial score (nSPS) is 21.6. The molecule has 0 amide bonds. The molecule has 1 heterocycles. The molecule has 0 aromatic heterocycles. The maximum absolute atomic E-state index is 5.64. The minimum Gasteiger partial charge on any atom is -0.377 e. The summed E-state index contributed by atoms with van der Waals surface area (Å²) in [6.07, 6.45) is 3.90. The summed E-state index contributed by atoms with van der Waals surface area (Å²) in [4.78, 5) is 0. The van der Waals surface area contributed by atoms with Crippen LogP contribution in [-0.2, 0) is 14.2 Å². The second-order valence-corrected chi connectivity index (χ2v) is 3.99. The molecular weight excluding hydrogens is 206 g/mol. The number of nitrogens with one attached hydrogen (secondary N) is 1. The third kappa shape index (κ3) is 5.80. The summed E-state index contributed by atoms with van der Waals surface area (Å²) in [5.74, 6) is 0. The van der Waals surface area contributed by atoms with Crippen molar-refractivity contribution >= 4 is 0 Å². The summed E-state index contributed by atoms with van der Waals surface area (Å²) in [7, 11) is 0. The molecule has 96 valence electrons. The van der Waals surface area contributed by atoms with Crippen molar-refractivity contribution in [2.45, 2.75) is 45.5 Å². The Hall–Kier alpha value is -0.160. The maximum Gasteiger partial charge on any atom is 0.169 e. The molecule has 0 saturated carbocycles. The van der Waals surface area contributed by atoms with Gasteiger partial charge in [0.15, 0.2) is 6.29 Å². The van der Waals surface area contributed by atoms with Crippen molar-refractivity contribution in [3.8, 4) is 0 Å². The molecule has 0 aromatic carbocycles. The molecule has 1 fully saturated rings. The van der Waals surface area contributed by atoms with Gasteiger partial charge in [0.05, 0.1) is 6.10 Å². The van der Waals surface area contributed by atoms with Crippen LogP contribution in [0, 0.1) is 0 Å². The monoisotopic (exact) mass is 231 g/mol. The first-order valence-electron chi connectivity index (χ1n) is 6.42. The SMILES string of the molecule is CCOC(CNCC1CCCCO1)OCC. The highest BCUT2D eigenvalue weighted by Crippen LogP contribution is 2.11. The molecule has 0 spiro atoms. The van der Waals surface area contributed by atoms with Gasteiger partial charge in [-0.1, -0.05) is 0 Å². The van der Waals surface area contributed by atoms with E-state index in [9.17, 15) is 0 Å². The van der Waals surface area contributed by atoms with Gasteiger partial charge in [-0.3, -0.25) is 0 Å². The van der Waals surface area contributed by atoms with Crippen LogP contribution >= 0.6 is 0 Å². The Kier molecular flexibility index (Phi) is 7.76. The summed E-state index contributed by atoms with van der Waals surface area (Å²) < 4.78 is 16.5. The molecule has 0 radical (unpaired) electrons. The molecule has 0 aromatic rings. The van der Waals surface area contributed by atoms with Crippen molar-refractivity contribution in [1.82, 2.24) is 5.32 Å². The van der Waals surface area contributed by atoms with Crippen molar-refractivity contribution in [2.24, 2.45) is 0 Å². The van der Waals surface area contributed by atoms with E-state index in [1.165, 1.54) is 19.3 Å². The van der Waals surface area contributed by atoms with E-state index in [2.05, 4.69) is 5.32 Å². The number of hydrogen-bond donors (Lipinski definition) is 1. The minimum atomic E-state index is -0.126. The lowest BCUT2D eigenvalue weighted by Gasteiger charge is -2.24. The third-order valence-corrected chi connectivity index (χ3v) is 2.66. The fraction of sp³-hybridized carbons (Fsp3) is 1.00. The van der Waals surface area contributed by atoms with Crippen LogP contribution in [0.15, 0.2) is 0 Å². The zero-order valence-corrected chi connectivity index (χ0v) is 10.5. The van der Waals surface area contributed by atoms with E-state index in [0.717, 1.165) is 19.7 Å². The highest BCUT2D eigenvalue weighted by Gasteiger charge is 2.14. The first-order valence-corrected chi connectivity index (χ1v) is 6.42. The summed E-state index contributed by atoms with van der Waals surface area (Å²) in [5.41, 5.74) is 0. The van der Waals surface area contributed by atoms with Crippen LogP contribution in [0.3, 0.4) is 0 Å². The molecular formula is C12H25NO3. The Bertz CT molecular complexity index is 154. The predicted molar refractivity (Wildman–Crippen MR) is 63.5 cm³/mol. The van der Waals surface area contributed by atoms with E-state index in [1.807, 2.05) is 13.8 Å². The van der Waals surface area contributed by atoms with E-state index in [1.54, 1.807) is 0 Å². The summed E-state index contributed by atoms with van der Waals surface area (Å²) >= 11 is 0. The lowest BCUT2D eigenvalue weighted by atomic mass is 10.1. The molecule has 1 aliphatic rings. The van der Waals surface area contributed by atoms with Crippen LogP contribution in [0.1, 0.15) is 33.1 Å². The third-order valence-electron chi connectivity index (χ3n) is 2.66. The summed E-state index contributed by atoms with van der Waals surface area (Å²) in [5, 5.41) is 3.35. The molecule has 1 atom stereocenters. The van der Waals surface area contributed by atoms with Crippen LogP contribution in [0.2, 0.25) is 0 Å². The van der Waals surface area contributed by atoms with Crippen LogP contribution in [0.5, 0.6) is 0 Å². The zero-order valence-electron chi connectivity index (χ0n) is 10.5. The molecule has 0 aliphatic carbocycles.